The first-order chi connectivity index (χ1) is 14.9. The molecule has 0 heterocycles. The number of unbranched alkanes of at least 4 members (excludes halogenated alkanes) is 7. The Morgan fingerprint density at radius 2 is 1.23 bits per heavy atom. The molecule has 1 rings (SSSR count). The molecule has 0 saturated carbocycles. The highest BCUT2D eigenvalue weighted by molar-refractivity contribution is 5.21. The Labute approximate surface area is 184 Å². The molecule has 0 spiro atoms. The van der Waals surface area contributed by atoms with Gasteiger partial charge in [0.2, 0.25) is 0 Å². The molecule has 1 aromatic rings. The highest BCUT2D eigenvalue weighted by Crippen LogP contribution is 2.33. The summed E-state index contributed by atoms with van der Waals surface area (Å²) < 4.78 is 70.3. The minimum atomic E-state index is -1.77. The smallest absolute Gasteiger partial charge is 0.285 e. The average Bonchev–Trinajstić information content (AvgIpc) is 2.78. The summed E-state index contributed by atoms with van der Waals surface area (Å²) in [7, 11) is 4.67. The number of hydrogen-bond donors (Lipinski definition) is 0. The lowest BCUT2D eigenvalue weighted by Crippen LogP contribution is -2.44. The first kappa shape index (κ1) is 27.9. The molecule has 0 N–H and O–H groups in total. The average molecular weight is 451 g/mol. The fourth-order valence-electron chi connectivity index (χ4n) is 4.11. The first-order valence-corrected chi connectivity index (χ1v) is 11.3. The summed E-state index contributed by atoms with van der Waals surface area (Å²) in [6, 6.07) is 0.737. The number of benzene rings is 1. The van der Waals surface area contributed by atoms with Crippen molar-refractivity contribution >= 4 is 0 Å². The van der Waals surface area contributed by atoms with Crippen LogP contribution in [0.4, 0.5) is 17.6 Å². The zero-order valence-corrected chi connectivity index (χ0v) is 19.4. The van der Waals surface area contributed by atoms with E-state index < -0.39 is 29.2 Å². The van der Waals surface area contributed by atoms with Crippen LogP contribution in [0.2, 0.25) is 0 Å². The van der Waals surface area contributed by atoms with Crippen molar-refractivity contribution in [1.29, 1.82) is 0 Å². The van der Waals surface area contributed by atoms with Crippen molar-refractivity contribution < 1.29 is 31.8 Å². The molecule has 0 amide bonds. The van der Waals surface area contributed by atoms with Crippen LogP contribution < -0.4 is 0 Å². The van der Waals surface area contributed by atoms with Crippen LogP contribution in [0.5, 0.6) is 0 Å². The molecule has 0 bridgehead atoms. The lowest BCUT2D eigenvalue weighted by Gasteiger charge is -2.36. The highest BCUT2D eigenvalue weighted by Gasteiger charge is 2.39. The van der Waals surface area contributed by atoms with Crippen molar-refractivity contribution in [3.8, 4) is 0 Å². The van der Waals surface area contributed by atoms with Crippen LogP contribution in [0.15, 0.2) is 6.07 Å². The van der Waals surface area contributed by atoms with Gasteiger partial charge in [-0.25, -0.2) is 17.6 Å². The van der Waals surface area contributed by atoms with E-state index in [0.717, 1.165) is 44.6 Å². The SMILES string of the molecule is CCCCCCCCC(CCCCCc1cc(F)c(F)c(F)c1F)C(OC)(OC)OC. The molecule has 1 aromatic carbocycles. The van der Waals surface area contributed by atoms with Gasteiger partial charge >= 0.3 is 0 Å². The fourth-order valence-corrected chi connectivity index (χ4v) is 4.11. The number of halogens is 4. The fraction of sp³-hybridized carbons (Fsp3) is 0.750. The summed E-state index contributed by atoms with van der Waals surface area (Å²) in [4.78, 5) is 0. The van der Waals surface area contributed by atoms with E-state index in [1.807, 2.05) is 0 Å². The van der Waals surface area contributed by atoms with Gasteiger partial charge in [-0.3, -0.25) is 0 Å². The summed E-state index contributed by atoms with van der Waals surface area (Å²) in [5, 5.41) is 0. The summed E-state index contributed by atoms with van der Waals surface area (Å²) in [5.41, 5.74) is -0.139. The summed E-state index contributed by atoms with van der Waals surface area (Å²) >= 11 is 0. The van der Waals surface area contributed by atoms with E-state index in [0.29, 0.717) is 6.42 Å². The van der Waals surface area contributed by atoms with Crippen LogP contribution in [0.3, 0.4) is 0 Å². The van der Waals surface area contributed by atoms with Gasteiger partial charge in [-0.2, -0.15) is 0 Å². The predicted molar refractivity (Wildman–Crippen MR) is 114 cm³/mol. The zero-order chi connectivity index (χ0) is 23.3. The van der Waals surface area contributed by atoms with Gasteiger partial charge in [-0.1, -0.05) is 58.3 Å². The van der Waals surface area contributed by atoms with Gasteiger partial charge in [-0.15, -0.1) is 0 Å². The molecule has 1 atom stereocenters. The maximum Gasteiger partial charge on any atom is 0.285 e. The third-order valence-corrected chi connectivity index (χ3v) is 5.94. The predicted octanol–water partition coefficient (Wildman–Crippen LogP) is 7.31. The number of rotatable bonds is 17. The Balaban J connectivity index is 2.56. The topological polar surface area (TPSA) is 27.7 Å². The molecule has 3 nitrogen and oxygen atoms in total. The second kappa shape index (κ2) is 14.8. The van der Waals surface area contributed by atoms with E-state index in [-0.39, 0.29) is 17.9 Å². The number of hydrogen-bond acceptors (Lipinski definition) is 3. The Hall–Kier alpha value is -1.18. The maximum atomic E-state index is 13.8. The van der Waals surface area contributed by atoms with Crippen LogP contribution in [-0.2, 0) is 20.6 Å². The molecular formula is C24H38F4O3. The second-order valence-electron chi connectivity index (χ2n) is 8.03. The molecule has 0 aromatic heterocycles. The van der Waals surface area contributed by atoms with Gasteiger partial charge in [0.25, 0.3) is 5.97 Å². The van der Waals surface area contributed by atoms with Crippen molar-refractivity contribution in [3.05, 3.63) is 34.9 Å². The normalized spacial score (nSPS) is 13.0. The van der Waals surface area contributed by atoms with Crippen LogP contribution >= 0.6 is 0 Å². The molecule has 0 aliphatic heterocycles. The van der Waals surface area contributed by atoms with Crippen LogP contribution in [-0.4, -0.2) is 27.3 Å². The Kier molecular flexibility index (Phi) is 13.3. The van der Waals surface area contributed by atoms with Crippen LogP contribution in [0.25, 0.3) is 0 Å². The van der Waals surface area contributed by atoms with Gasteiger partial charge in [0.05, 0.1) is 0 Å². The second-order valence-corrected chi connectivity index (χ2v) is 8.03. The molecule has 0 aliphatic carbocycles. The lowest BCUT2D eigenvalue weighted by molar-refractivity contribution is -0.380. The monoisotopic (exact) mass is 450 g/mol. The van der Waals surface area contributed by atoms with Gasteiger partial charge < -0.3 is 14.2 Å². The lowest BCUT2D eigenvalue weighted by atomic mass is 9.91. The molecule has 31 heavy (non-hydrogen) atoms. The quantitative estimate of drug-likeness (QED) is 0.0819. The zero-order valence-electron chi connectivity index (χ0n) is 19.4. The van der Waals surface area contributed by atoms with Gasteiger partial charge in [0.1, 0.15) is 0 Å². The third-order valence-electron chi connectivity index (χ3n) is 5.94. The van der Waals surface area contributed by atoms with Crippen LogP contribution in [0, 0.1) is 29.2 Å². The van der Waals surface area contributed by atoms with Gasteiger partial charge in [0.15, 0.2) is 23.3 Å². The molecule has 0 radical (unpaired) electrons. The Bertz CT molecular complexity index is 627. The van der Waals surface area contributed by atoms with E-state index in [9.17, 15) is 17.6 Å². The van der Waals surface area contributed by atoms with Crippen LogP contribution in [0.1, 0.15) is 83.1 Å². The van der Waals surface area contributed by atoms with Crippen molar-refractivity contribution in [2.45, 2.75) is 89.9 Å². The minimum absolute atomic E-state index is 0.0242. The van der Waals surface area contributed by atoms with E-state index >= 15 is 0 Å². The minimum Gasteiger partial charge on any atom is -0.331 e. The number of aryl methyl sites for hydroxylation is 1. The molecule has 1 unspecified atom stereocenters. The van der Waals surface area contributed by atoms with Crippen molar-refractivity contribution in [2.24, 2.45) is 5.92 Å². The van der Waals surface area contributed by atoms with Gasteiger partial charge in [-0.05, 0) is 37.3 Å². The van der Waals surface area contributed by atoms with E-state index in [4.69, 9.17) is 14.2 Å². The summed E-state index contributed by atoms with van der Waals surface area (Å²) in [6.07, 6.45) is 11.0. The van der Waals surface area contributed by atoms with E-state index in [2.05, 4.69) is 6.92 Å². The molecule has 7 heteroatoms. The molecule has 0 aliphatic rings. The number of methoxy groups -OCH3 is 3. The molecule has 180 valence electrons. The summed E-state index contributed by atoms with van der Waals surface area (Å²) in [6.45, 7) is 2.19. The number of ether oxygens (including phenoxy) is 3. The highest BCUT2D eigenvalue weighted by atomic mass is 19.2. The van der Waals surface area contributed by atoms with E-state index in [1.165, 1.54) is 25.7 Å². The van der Waals surface area contributed by atoms with E-state index in [1.54, 1.807) is 21.3 Å². The Morgan fingerprint density at radius 3 is 1.77 bits per heavy atom. The molecule has 0 fully saturated rings. The largest absolute Gasteiger partial charge is 0.331 e. The maximum absolute atomic E-state index is 13.8. The standard InChI is InChI=1S/C24H38F4O3/c1-5-6-7-8-9-12-15-19(24(29-2,30-3)31-4)16-13-10-11-14-18-17-20(25)22(27)23(28)21(18)26/h17,19H,5-16H2,1-4H3. The Morgan fingerprint density at radius 1 is 0.710 bits per heavy atom. The van der Waals surface area contributed by atoms with Gasteiger partial charge in [0, 0.05) is 27.2 Å². The summed E-state index contributed by atoms with van der Waals surface area (Å²) in [5.74, 6) is -7.28. The van der Waals surface area contributed by atoms with Crippen molar-refractivity contribution in [1.82, 2.24) is 0 Å². The molecular weight excluding hydrogens is 412 g/mol. The first-order valence-electron chi connectivity index (χ1n) is 11.3. The molecule has 0 saturated heterocycles. The third kappa shape index (κ3) is 8.35. The van der Waals surface area contributed by atoms with Crippen molar-refractivity contribution in [2.75, 3.05) is 21.3 Å². The van der Waals surface area contributed by atoms with Crippen molar-refractivity contribution in [3.63, 3.8) is 0 Å².